The molecule has 1 fully saturated rings. The summed E-state index contributed by atoms with van der Waals surface area (Å²) in [5.74, 6) is 0.431. The van der Waals surface area contributed by atoms with E-state index in [2.05, 4.69) is 15.1 Å². The molecule has 1 saturated heterocycles. The molecule has 1 aliphatic rings. The predicted molar refractivity (Wildman–Crippen MR) is 74.2 cm³/mol. The van der Waals surface area contributed by atoms with Crippen LogP contribution in [0.5, 0.6) is 0 Å². The molecule has 7 heteroatoms. The predicted octanol–water partition coefficient (Wildman–Crippen LogP) is 0.148. The highest BCUT2D eigenvalue weighted by Gasteiger charge is 2.21. The van der Waals surface area contributed by atoms with Crippen LogP contribution < -0.4 is 10.0 Å². The molecule has 0 amide bonds. The van der Waals surface area contributed by atoms with Crippen LogP contribution in [0.1, 0.15) is 24.1 Å². The summed E-state index contributed by atoms with van der Waals surface area (Å²) in [6, 6.07) is 0. The van der Waals surface area contributed by atoms with Gasteiger partial charge in [-0.15, -0.1) is 0 Å². The number of nitrogens with zero attached hydrogens (tertiary/aromatic N) is 2. The molecule has 0 aliphatic carbocycles. The molecule has 1 aromatic heterocycles. The number of hydrogen-bond acceptors (Lipinski definition) is 4. The van der Waals surface area contributed by atoms with Crippen LogP contribution in [0.2, 0.25) is 0 Å². The second kappa shape index (κ2) is 6.02. The van der Waals surface area contributed by atoms with Crippen molar-refractivity contribution in [1.82, 2.24) is 19.8 Å². The van der Waals surface area contributed by atoms with E-state index >= 15 is 0 Å². The molecule has 108 valence electrons. The summed E-state index contributed by atoms with van der Waals surface area (Å²) in [6.07, 6.45) is 3.89. The molecule has 0 saturated carbocycles. The van der Waals surface area contributed by atoms with Gasteiger partial charge in [-0.3, -0.25) is 4.68 Å². The fraction of sp³-hybridized carbons (Fsp3) is 0.750. The number of sulfonamides is 1. The minimum atomic E-state index is -3.21. The van der Waals surface area contributed by atoms with Crippen molar-refractivity contribution < 1.29 is 8.42 Å². The zero-order chi connectivity index (χ0) is 13.9. The van der Waals surface area contributed by atoms with Gasteiger partial charge in [-0.2, -0.15) is 5.10 Å². The quantitative estimate of drug-likeness (QED) is 0.808. The average Bonchev–Trinajstić information content (AvgIpc) is 2.66. The third-order valence-corrected chi connectivity index (χ3v) is 4.95. The molecule has 0 radical (unpaired) electrons. The van der Waals surface area contributed by atoms with Crippen molar-refractivity contribution in [2.45, 2.75) is 26.3 Å². The first-order valence-electron chi connectivity index (χ1n) is 6.63. The summed E-state index contributed by atoms with van der Waals surface area (Å²) >= 11 is 0. The van der Waals surface area contributed by atoms with Crippen LogP contribution in [0.25, 0.3) is 0 Å². The number of nitrogens with one attached hydrogen (secondary N) is 2. The Hall–Kier alpha value is -0.920. The Morgan fingerprint density at radius 3 is 2.95 bits per heavy atom. The van der Waals surface area contributed by atoms with Gasteiger partial charge < -0.3 is 5.32 Å². The smallest absolute Gasteiger partial charge is 0.212 e. The Morgan fingerprint density at radius 2 is 2.37 bits per heavy atom. The maximum absolute atomic E-state index is 12.0. The maximum Gasteiger partial charge on any atom is 0.212 e. The first-order valence-corrected chi connectivity index (χ1v) is 8.29. The van der Waals surface area contributed by atoms with E-state index < -0.39 is 10.0 Å². The zero-order valence-corrected chi connectivity index (χ0v) is 12.3. The van der Waals surface area contributed by atoms with Gasteiger partial charge in [-0.25, -0.2) is 13.1 Å². The number of rotatable bonds is 5. The second-order valence-corrected chi connectivity index (χ2v) is 7.08. The summed E-state index contributed by atoms with van der Waals surface area (Å²) in [7, 11) is -1.38. The van der Waals surface area contributed by atoms with Crippen molar-refractivity contribution in [2.75, 3.05) is 18.8 Å². The molecule has 1 unspecified atom stereocenters. The number of piperidine rings is 1. The minimum absolute atomic E-state index is 0.208. The van der Waals surface area contributed by atoms with Gasteiger partial charge in [-0.05, 0) is 38.8 Å². The van der Waals surface area contributed by atoms with E-state index in [1.807, 2.05) is 20.2 Å². The molecular formula is C12H22N4O2S. The number of aryl methyl sites for hydroxylation is 2. The first kappa shape index (κ1) is 14.5. The van der Waals surface area contributed by atoms with Crippen molar-refractivity contribution in [3.8, 4) is 0 Å². The highest BCUT2D eigenvalue weighted by molar-refractivity contribution is 7.89. The molecule has 6 nitrogen and oxygen atoms in total. The third-order valence-electron chi connectivity index (χ3n) is 3.45. The van der Waals surface area contributed by atoms with Gasteiger partial charge in [0.15, 0.2) is 0 Å². The van der Waals surface area contributed by atoms with Crippen molar-refractivity contribution in [2.24, 2.45) is 13.0 Å². The van der Waals surface area contributed by atoms with Gasteiger partial charge in [0.1, 0.15) is 0 Å². The van der Waals surface area contributed by atoms with E-state index in [1.165, 1.54) is 0 Å². The lowest BCUT2D eigenvalue weighted by Gasteiger charge is -2.22. The highest BCUT2D eigenvalue weighted by Crippen LogP contribution is 2.12. The summed E-state index contributed by atoms with van der Waals surface area (Å²) < 4.78 is 28.4. The van der Waals surface area contributed by atoms with Crippen molar-refractivity contribution in [1.29, 1.82) is 0 Å². The number of hydrogen-bond donors (Lipinski definition) is 2. The zero-order valence-electron chi connectivity index (χ0n) is 11.5. The topological polar surface area (TPSA) is 76.0 Å². The third kappa shape index (κ3) is 4.29. The molecule has 0 spiro atoms. The lowest BCUT2D eigenvalue weighted by molar-refractivity contribution is 0.402. The molecule has 1 atom stereocenters. The van der Waals surface area contributed by atoms with Crippen molar-refractivity contribution >= 4 is 10.0 Å². The monoisotopic (exact) mass is 286 g/mol. The standard InChI is InChI=1S/C12H22N4O2S/c1-10-12(8-16(2)15-10)7-14-19(17,18)9-11-4-3-5-13-6-11/h8,11,13-14H,3-7,9H2,1-2H3. The minimum Gasteiger partial charge on any atom is -0.316 e. The molecule has 1 aliphatic heterocycles. The van der Waals surface area contributed by atoms with Crippen LogP contribution >= 0.6 is 0 Å². The summed E-state index contributed by atoms with van der Waals surface area (Å²) in [5, 5.41) is 7.44. The van der Waals surface area contributed by atoms with Crippen molar-refractivity contribution in [3.05, 3.63) is 17.5 Å². The van der Waals surface area contributed by atoms with Gasteiger partial charge in [-0.1, -0.05) is 0 Å². The summed E-state index contributed by atoms with van der Waals surface area (Å²) in [6.45, 7) is 4.00. The van der Waals surface area contributed by atoms with E-state index in [1.54, 1.807) is 4.68 Å². The Balaban J connectivity index is 1.88. The van der Waals surface area contributed by atoms with E-state index in [0.717, 1.165) is 37.2 Å². The van der Waals surface area contributed by atoms with E-state index in [-0.39, 0.29) is 11.7 Å². The van der Waals surface area contributed by atoms with E-state index in [0.29, 0.717) is 6.54 Å². The Labute approximate surface area is 114 Å². The first-order chi connectivity index (χ1) is 8.96. The van der Waals surface area contributed by atoms with Gasteiger partial charge in [0, 0.05) is 25.4 Å². The molecule has 2 N–H and O–H groups in total. The van der Waals surface area contributed by atoms with Crippen LogP contribution in [-0.4, -0.2) is 37.0 Å². The Morgan fingerprint density at radius 1 is 1.58 bits per heavy atom. The SMILES string of the molecule is Cc1nn(C)cc1CNS(=O)(=O)CC1CCCNC1. The van der Waals surface area contributed by atoms with Crippen LogP contribution in [0.4, 0.5) is 0 Å². The van der Waals surface area contributed by atoms with Gasteiger partial charge in [0.05, 0.1) is 11.4 Å². The lowest BCUT2D eigenvalue weighted by Crippen LogP contribution is -2.37. The fourth-order valence-electron chi connectivity index (χ4n) is 2.45. The second-order valence-electron chi connectivity index (χ2n) is 5.23. The van der Waals surface area contributed by atoms with E-state index in [9.17, 15) is 8.42 Å². The molecule has 0 bridgehead atoms. The normalized spacial score (nSPS) is 20.6. The van der Waals surface area contributed by atoms with Gasteiger partial charge in [0.25, 0.3) is 0 Å². The molecule has 2 heterocycles. The van der Waals surface area contributed by atoms with E-state index in [4.69, 9.17) is 0 Å². The Bertz CT molecular complexity index is 518. The summed E-state index contributed by atoms with van der Waals surface area (Å²) in [5.41, 5.74) is 1.79. The summed E-state index contributed by atoms with van der Waals surface area (Å²) in [4.78, 5) is 0. The number of aromatic nitrogens is 2. The molecule has 1 aromatic rings. The fourth-order valence-corrected chi connectivity index (χ4v) is 3.84. The largest absolute Gasteiger partial charge is 0.316 e. The molecule has 0 aromatic carbocycles. The van der Waals surface area contributed by atoms with Crippen LogP contribution in [0.3, 0.4) is 0 Å². The van der Waals surface area contributed by atoms with Crippen LogP contribution in [0, 0.1) is 12.8 Å². The highest BCUT2D eigenvalue weighted by atomic mass is 32.2. The Kier molecular flexibility index (Phi) is 4.59. The van der Waals surface area contributed by atoms with Gasteiger partial charge >= 0.3 is 0 Å². The average molecular weight is 286 g/mol. The van der Waals surface area contributed by atoms with Crippen molar-refractivity contribution in [3.63, 3.8) is 0 Å². The molecular weight excluding hydrogens is 264 g/mol. The van der Waals surface area contributed by atoms with Crippen LogP contribution in [0.15, 0.2) is 6.20 Å². The van der Waals surface area contributed by atoms with Gasteiger partial charge in [0.2, 0.25) is 10.0 Å². The lowest BCUT2D eigenvalue weighted by atomic mass is 10.0. The molecule has 19 heavy (non-hydrogen) atoms. The maximum atomic E-state index is 12.0. The van der Waals surface area contributed by atoms with Crippen LogP contribution in [-0.2, 0) is 23.6 Å². The molecule has 2 rings (SSSR count).